The van der Waals surface area contributed by atoms with Crippen LogP contribution in [0.15, 0.2) is 72.8 Å². The first-order valence-electron chi connectivity index (χ1n) is 14.5. The lowest BCUT2D eigenvalue weighted by molar-refractivity contribution is -0.276. The van der Waals surface area contributed by atoms with Crippen LogP contribution in [-0.2, 0) is 27.4 Å². The van der Waals surface area contributed by atoms with Crippen LogP contribution in [0.4, 0.5) is 0 Å². The number of ether oxygens (including phenoxy) is 2. The molecule has 6 nitrogen and oxygen atoms in total. The Hall–Kier alpha value is -2.16. The summed E-state index contributed by atoms with van der Waals surface area (Å²) in [6.45, 7) is 5.52. The number of hydrogen-bond acceptors (Lipinski definition) is 5. The standard InChI is InChI=1S/C33H37Cl3N2O4/c1-22-29(20-38-17-5-2-6-18-38)41-31(42-30(22)25-11-9-23(21-39)10-12-25)26-15-13-24(14-16-26)28-8-4-3-7-27(28)19-37-32(40)33(34,35)36/h3-4,7-16,22,29-31,39H,2,5-6,17-21H2,1H3,(H,37,40)/t22-,29+,30+,31+/m1/s1. The van der Waals surface area contributed by atoms with Gasteiger partial charge in [-0.1, -0.05) is 121 Å². The second-order valence-corrected chi connectivity index (χ2v) is 13.4. The monoisotopic (exact) mass is 630 g/mol. The first-order chi connectivity index (χ1) is 20.2. The molecule has 4 atom stereocenters. The van der Waals surface area contributed by atoms with Gasteiger partial charge in [-0.05, 0) is 53.7 Å². The number of carbonyl (C=O) groups is 1. The van der Waals surface area contributed by atoms with Crippen molar-refractivity contribution >= 4 is 40.7 Å². The van der Waals surface area contributed by atoms with Gasteiger partial charge in [0, 0.05) is 24.6 Å². The Morgan fingerprint density at radius 2 is 1.60 bits per heavy atom. The zero-order valence-corrected chi connectivity index (χ0v) is 25.9. The first kappa shape index (κ1) is 31.3. The number of nitrogens with one attached hydrogen (secondary N) is 1. The smallest absolute Gasteiger partial charge is 0.272 e. The molecule has 2 fully saturated rings. The summed E-state index contributed by atoms with van der Waals surface area (Å²) in [6.07, 6.45) is 3.08. The lowest BCUT2D eigenvalue weighted by Crippen LogP contribution is -2.45. The molecule has 224 valence electrons. The van der Waals surface area contributed by atoms with E-state index in [0.29, 0.717) is 0 Å². The van der Waals surface area contributed by atoms with Crippen LogP contribution >= 0.6 is 34.8 Å². The third-order valence-corrected chi connectivity index (χ3v) is 8.73. The quantitative estimate of drug-likeness (QED) is 0.259. The van der Waals surface area contributed by atoms with Gasteiger partial charge in [0.25, 0.3) is 9.70 Å². The number of aliphatic hydroxyl groups is 1. The molecule has 3 aromatic carbocycles. The second-order valence-electron chi connectivity index (χ2n) is 11.1. The van der Waals surface area contributed by atoms with Crippen molar-refractivity contribution in [1.29, 1.82) is 0 Å². The minimum absolute atomic E-state index is 0.00583. The Kier molecular flexibility index (Phi) is 10.5. The zero-order chi connectivity index (χ0) is 29.7. The van der Waals surface area contributed by atoms with E-state index in [-0.39, 0.29) is 31.3 Å². The summed E-state index contributed by atoms with van der Waals surface area (Å²) in [5, 5.41) is 12.2. The Labute approximate surface area is 262 Å². The number of amides is 1. The molecule has 3 aromatic rings. The third-order valence-electron chi connectivity index (χ3n) is 8.22. The Morgan fingerprint density at radius 1 is 0.929 bits per heavy atom. The minimum Gasteiger partial charge on any atom is -0.392 e. The third kappa shape index (κ3) is 7.67. The van der Waals surface area contributed by atoms with Crippen LogP contribution in [0.25, 0.3) is 11.1 Å². The highest BCUT2D eigenvalue weighted by atomic mass is 35.6. The maximum Gasteiger partial charge on any atom is 0.272 e. The molecule has 0 unspecified atom stereocenters. The maximum atomic E-state index is 12.1. The lowest BCUT2D eigenvalue weighted by Gasteiger charge is -2.43. The van der Waals surface area contributed by atoms with Crippen molar-refractivity contribution in [3.05, 3.63) is 95.1 Å². The fraction of sp³-hybridized carbons (Fsp3) is 0.424. The molecule has 42 heavy (non-hydrogen) atoms. The Morgan fingerprint density at radius 3 is 2.26 bits per heavy atom. The van der Waals surface area contributed by atoms with Crippen LogP contribution in [0.5, 0.6) is 0 Å². The summed E-state index contributed by atoms with van der Waals surface area (Å²) in [7, 11) is 0. The van der Waals surface area contributed by atoms with E-state index in [1.165, 1.54) is 19.3 Å². The molecule has 0 aliphatic carbocycles. The van der Waals surface area contributed by atoms with E-state index in [2.05, 4.69) is 29.3 Å². The van der Waals surface area contributed by atoms with Crippen molar-refractivity contribution in [3.8, 4) is 11.1 Å². The number of rotatable bonds is 8. The average Bonchev–Trinajstić information content (AvgIpc) is 3.01. The number of likely N-dealkylation sites (tertiary alicyclic amines) is 1. The van der Waals surface area contributed by atoms with Crippen molar-refractivity contribution in [1.82, 2.24) is 10.2 Å². The van der Waals surface area contributed by atoms with E-state index in [1.807, 2.05) is 60.7 Å². The molecule has 2 aliphatic heterocycles. The summed E-state index contributed by atoms with van der Waals surface area (Å²) in [5.41, 5.74) is 5.76. The van der Waals surface area contributed by atoms with Gasteiger partial charge in [0.2, 0.25) is 0 Å². The van der Waals surface area contributed by atoms with Crippen molar-refractivity contribution in [3.63, 3.8) is 0 Å². The largest absolute Gasteiger partial charge is 0.392 e. The summed E-state index contributed by atoms with van der Waals surface area (Å²) < 4.78 is 11.3. The van der Waals surface area contributed by atoms with E-state index >= 15 is 0 Å². The normalized spacial score (nSPS) is 23.5. The fourth-order valence-electron chi connectivity index (χ4n) is 5.78. The highest BCUT2D eigenvalue weighted by molar-refractivity contribution is 6.76. The van der Waals surface area contributed by atoms with Crippen molar-refractivity contribution < 1.29 is 19.4 Å². The number of nitrogens with zero attached hydrogens (tertiary/aromatic N) is 1. The zero-order valence-electron chi connectivity index (χ0n) is 23.6. The molecule has 2 N–H and O–H groups in total. The van der Waals surface area contributed by atoms with Crippen molar-refractivity contribution in [2.45, 2.75) is 61.6 Å². The van der Waals surface area contributed by atoms with Gasteiger partial charge in [-0.25, -0.2) is 0 Å². The minimum atomic E-state index is -2.02. The predicted octanol–water partition coefficient (Wildman–Crippen LogP) is 7.11. The molecule has 0 aromatic heterocycles. The van der Waals surface area contributed by atoms with Crippen molar-refractivity contribution in [2.75, 3.05) is 19.6 Å². The van der Waals surface area contributed by atoms with Gasteiger partial charge in [-0.2, -0.15) is 0 Å². The van der Waals surface area contributed by atoms with E-state index in [0.717, 1.165) is 53.0 Å². The van der Waals surface area contributed by atoms with E-state index in [1.54, 1.807) is 0 Å². The molecular weight excluding hydrogens is 595 g/mol. The number of alkyl halides is 3. The van der Waals surface area contributed by atoms with Crippen LogP contribution < -0.4 is 5.32 Å². The van der Waals surface area contributed by atoms with Crippen molar-refractivity contribution in [2.24, 2.45) is 5.92 Å². The molecule has 9 heteroatoms. The summed E-state index contributed by atoms with van der Waals surface area (Å²) >= 11 is 17.2. The van der Waals surface area contributed by atoms with Gasteiger partial charge in [0.05, 0.1) is 18.8 Å². The van der Waals surface area contributed by atoms with Crippen LogP contribution in [0.1, 0.15) is 60.8 Å². The van der Waals surface area contributed by atoms with E-state index < -0.39 is 16.0 Å². The summed E-state index contributed by atoms with van der Waals surface area (Å²) in [4.78, 5) is 14.6. The molecule has 0 spiro atoms. The first-order valence-corrected chi connectivity index (χ1v) is 15.6. The number of carbonyl (C=O) groups excluding carboxylic acids is 1. The van der Waals surface area contributed by atoms with Gasteiger partial charge < -0.3 is 24.8 Å². The topological polar surface area (TPSA) is 71.0 Å². The molecule has 0 saturated carbocycles. The molecule has 2 aliphatic rings. The summed E-state index contributed by atoms with van der Waals surface area (Å²) in [6, 6.07) is 24.0. The van der Waals surface area contributed by atoms with Gasteiger partial charge in [0.15, 0.2) is 6.29 Å². The Balaban J connectivity index is 1.37. The van der Waals surface area contributed by atoms with Gasteiger partial charge in [0.1, 0.15) is 0 Å². The molecule has 2 saturated heterocycles. The fourth-order valence-corrected chi connectivity index (χ4v) is 5.98. The maximum absolute atomic E-state index is 12.1. The molecule has 2 heterocycles. The molecule has 0 radical (unpaired) electrons. The second kappa shape index (κ2) is 14.1. The Bertz CT molecular complexity index is 1320. The lowest BCUT2D eigenvalue weighted by atomic mass is 9.89. The number of benzene rings is 3. The number of hydrogen-bond donors (Lipinski definition) is 2. The highest BCUT2D eigenvalue weighted by Crippen LogP contribution is 2.42. The van der Waals surface area contributed by atoms with Crippen LogP contribution in [0, 0.1) is 5.92 Å². The molecule has 0 bridgehead atoms. The highest BCUT2D eigenvalue weighted by Gasteiger charge is 2.39. The molecule has 5 rings (SSSR count). The van der Waals surface area contributed by atoms with E-state index in [4.69, 9.17) is 44.3 Å². The SMILES string of the molecule is C[C@@H]1[C@H](CN2CCCCC2)O[C@H](c2ccc(-c3ccccc3CNC(=O)C(Cl)(Cl)Cl)cc2)O[C@@H]1c1ccc(CO)cc1. The molecule has 1 amide bonds. The molecular formula is C33H37Cl3N2O4. The van der Waals surface area contributed by atoms with Gasteiger partial charge >= 0.3 is 0 Å². The van der Waals surface area contributed by atoms with Crippen LogP contribution in [-0.4, -0.2) is 45.4 Å². The van der Waals surface area contributed by atoms with Crippen LogP contribution in [0.3, 0.4) is 0 Å². The average molecular weight is 632 g/mol. The number of halogens is 3. The summed E-state index contributed by atoms with van der Waals surface area (Å²) in [5.74, 6) is -0.518. The number of aliphatic hydroxyl groups excluding tert-OH is 1. The van der Waals surface area contributed by atoms with E-state index in [9.17, 15) is 9.90 Å². The van der Waals surface area contributed by atoms with Gasteiger partial charge in [-0.15, -0.1) is 0 Å². The number of piperidine rings is 1. The van der Waals surface area contributed by atoms with Gasteiger partial charge in [-0.3, -0.25) is 4.79 Å². The predicted molar refractivity (Wildman–Crippen MR) is 167 cm³/mol. The van der Waals surface area contributed by atoms with Crippen LogP contribution in [0.2, 0.25) is 0 Å².